The van der Waals surface area contributed by atoms with E-state index >= 15 is 0 Å². The minimum absolute atomic E-state index is 0.136. The van der Waals surface area contributed by atoms with Crippen molar-refractivity contribution in [1.82, 2.24) is 4.37 Å². The van der Waals surface area contributed by atoms with Crippen molar-refractivity contribution in [2.75, 3.05) is 11.6 Å². The molecule has 1 aromatic heterocycles. The molecule has 1 heterocycles. The van der Waals surface area contributed by atoms with Crippen LogP contribution in [0.25, 0.3) is 0 Å². The van der Waals surface area contributed by atoms with Crippen molar-refractivity contribution in [2.24, 2.45) is 0 Å². The Morgan fingerprint density at radius 1 is 1.40 bits per heavy atom. The maximum absolute atomic E-state index is 13.4. The van der Waals surface area contributed by atoms with Crippen LogP contribution in [0, 0.1) is 17.1 Å². The van der Waals surface area contributed by atoms with Gasteiger partial charge in [-0.05, 0) is 29.7 Å². The van der Waals surface area contributed by atoms with E-state index in [-0.39, 0.29) is 21.1 Å². The highest BCUT2D eigenvalue weighted by Crippen LogP contribution is 2.25. The van der Waals surface area contributed by atoms with Crippen LogP contribution in [0.15, 0.2) is 27.9 Å². The topological polar surface area (TPSA) is 103 Å². The number of nitrogens with zero attached hydrogens (tertiary/aromatic N) is 1. The molecule has 1 aromatic carbocycles. The standard InChI is InChI=1S/C11H8FN3O3S2/c1-20(17,18)8-3-6(12)2-7(4-8)14-11-9(5-13)10(16)15-19-11/h2-4,14H,1H3,(H,15,16). The van der Waals surface area contributed by atoms with E-state index in [1.165, 1.54) is 6.07 Å². The van der Waals surface area contributed by atoms with Crippen molar-refractivity contribution >= 4 is 32.1 Å². The molecule has 20 heavy (non-hydrogen) atoms. The second-order valence-electron chi connectivity index (χ2n) is 3.92. The third-order valence-corrected chi connectivity index (χ3v) is 4.26. The second kappa shape index (κ2) is 5.07. The molecule has 0 saturated carbocycles. The summed E-state index contributed by atoms with van der Waals surface area (Å²) in [7, 11) is -3.56. The summed E-state index contributed by atoms with van der Waals surface area (Å²) < 4.78 is 38.6. The summed E-state index contributed by atoms with van der Waals surface area (Å²) in [5.74, 6) is -0.739. The van der Waals surface area contributed by atoms with Crippen molar-refractivity contribution in [3.63, 3.8) is 0 Å². The SMILES string of the molecule is CS(=O)(=O)c1cc(F)cc(Nc2s[nH]c(=O)c2C#N)c1. The average molecular weight is 313 g/mol. The number of aromatic nitrogens is 1. The second-order valence-corrected chi connectivity index (χ2v) is 6.75. The zero-order valence-electron chi connectivity index (χ0n) is 10.1. The molecule has 0 fully saturated rings. The monoisotopic (exact) mass is 313 g/mol. The zero-order valence-corrected chi connectivity index (χ0v) is 11.7. The first kappa shape index (κ1) is 14.2. The van der Waals surface area contributed by atoms with Crippen LogP contribution in [0.2, 0.25) is 0 Å². The first-order valence-electron chi connectivity index (χ1n) is 5.20. The zero-order chi connectivity index (χ0) is 14.9. The molecule has 0 unspecified atom stereocenters. The number of aromatic amines is 1. The Kier molecular flexibility index (Phi) is 3.61. The number of benzene rings is 1. The number of rotatable bonds is 3. The number of nitriles is 1. The maximum Gasteiger partial charge on any atom is 0.278 e. The molecule has 0 saturated heterocycles. The number of sulfone groups is 1. The molecule has 0 spiro atoms. The van der Waals surface area contributed by atoms with Gasteiger partial charge in [-0.3, -0.25) is 9.17 Å². The van der Waals surface area contributed by atoms with Gasteiger partial charge in [-0.2, -0.15) is 5.26 Å². The fourth-order valence-electron chi connectivity index (χ4n) is 1.47. The first-order valence-corrected chi connectivity index (χ1v) is 7.91. The summed E-state index contributed by atoms with van der Waals surface area (Å²) in [6.07, 6.45) is 0.959. The summed E-state index contributed by atoms with van der Waals surface area (Å²) in [5.41, 5.74) is -0.558. The highest BCUT2D eigenvalue weighted by atomic mass is 32.2. The smallest absolute Gasteiger partial charge is 0.278 e. The van der Waals surface area contributed by atoms with Crippen molar-refractivity contribution in [3.8, 4) is 6.07 Å². The van der Waals surface area contributed by atoms with Crippen LogP contribution in [-0.2, 0) is 9.84 Å². The maximum atomic E-state index is 13.4. The lowest BCUT2D eigenvalue weighted by Gasteiger charge is -2.06. The van der Waals surface area contributed by atoms with Gasteiger partial charge in [-0.25, -0.2) is 12.8 Å². The Labute approximate surface area is 117 Å². The van der Waals surface area contributed by atoms with Crippen LogP contribution in [0.1, 0.15) is 5.56 Å². The molecule has 0 amide bonds. The number of H-pyrrole nitrogens is 1. The lowest BCUT2D eigenvalue weighted by molar-refractivity contribution is 0.596. The van der Waals surface area contributed by atoms with Gasteiger partial charge in [0.25, 0.3) is 5.56 Å². The fraction of sp³-hybridized carbons (Fsp3) is 0.0909. The molecule has 2 rings (SSSR count). The molecule has 0 aliphatic heterocycles. The van der Waals surface area contributed by atoms with Crippen LogP contribution in [0.3, 0.4) is 0 Å². The number of hydrogen-bond donors (Lipinski definition) is 2. The molecule has 0 aliphatic carbocycles. The normalized spacial score (nSPS) is 11.1. The van der Waals surface area contributed by atoms with E-state index in [2.05, 4.69) is 9.69 Å². The minimum Gasteiger partial charge on any atom is -0.345 e. The van der Waals surface area contributed by atoms with E-state index in [1.807, 2.05) is 0 Å². The van der Waals surface area contributed by atoms with Gasteiger partial charge >= 0.3 is 0 Å². The number of hydrogen-bond acceptors (Lipinski definition) is 6. The molecular weight excluding hydrogens is 305 g/mol. The van der Waals surface area contributed by atoms with E-state index in [0.717, 1.165) is 29.9 Å². The van der Waals surface area contributed by atoms with Gasteiger partial charge in [0.1, 0.15) is 16.9 Å². The van der Waals surface area contributed by atoms with Crippen molar-refractivity contribution < 1.29 is 12.8 Å². The summed E-state index contributed by atoms with van der Waals surface area (Å²) in [5, 5.41) is 11.7. The summed E-state index contributed by atoms with van der Waals surface area (Å²) in [6, 6.07) is 4.91. The Balaban J connectivity index is 2.47. The molecule has 0 atom stereocenters. The van der Waals surface area contributed by atoms with E-state index in [0.29, 0.717) is 0 Å². The molecule has 9 heteroatoms. The third-order valence-electron chi connectivity index (χ3n) is 2.37. The first-order chi connectivity index (χ1) is 9.31. The summed E-state index contributed by atoms with van der Waals surface area (Å²) in [4.78, 5) is 11.1. The Hall–Kier alpha value is -2.18. The summed E-state index contributed by atoms with van der Waals surface area (Å²) >= 11 is 0.872. The van der Waals surface area contributed by atoms with Gasteiger partial charge in [0.15, 0.2) is 15.4 Å². The highest BCUT2D eigenvalue weighted by molar-refractivity contribution is 7.90. The van der Waals surface area contributed by atoms with Crippen molar-refractivity contribution in [1.29, 1.82) is 5.26 Å². The molecule has 2 N–H and O–H groups in total. The number of anilines is 2. The predicted octanol–water partition coefficient (Wildman–Crippen LogP) is 1.59. The Morgan fingerprint density at radius 3 is 2.70 bits per heavy atom. The number of nitrogens with one attached hydrogen (secondary N) is 2. The van der Waals surface area contributed by atoms with E-state index < -0.39 is 21.2 Å². The van der Waals surface area contributed by atoms with Gasteiger partial charge < -0.3 is 5.32 Å². The average Bonchev–Trinajstić information content (AvgIpc) is 2.68. The van der Waals surface area contributed by atoms with E-state index in [4.69, 9.17) is 5.26 Å². The van der Waals surface area contributed by atoms with E-state index in [9.17, 15) is 17.6 Å². The lowest BCUT2D eigenvalue weighted by atomic mass is 10.3. The molecule has 0 bridgehead atoms. The van der Waals surface area contributed by atoms with Crippen LogP contribution in [0.4, 0.5) is 15.1 Å². The van der Waals surface area contributed by atoms with Crippen LogP contribution in [0.5, 0.6) is 0 Å². The summed E-state index contributed by atoms with van der Waals surface area (Å²) in [6.45, 7) is 0. The molecule has 6 nitrogen and oxygen atoms in total. The molecule has 104 valence electrons. The predicted molar refractivity (Wildman–Crippen MR) is 72.4 cm³/mol. The van der Waals surface area contributed by atoms with Gasteiger partial charge in [0, 0.05) is 11.9 Å². The van der Waals surface area contributed by atoms with Crippen molar-refractivity contribution in [2.45, 2.75) is 4.90 Å². The molecule has 0 aliphatic rings. The highest BCUT2D eigenvalue weighted by Gasteiger charge is 2.13. The van der Waals surface area contributed by atoms with Crippen molar-refractivity contribution in [3.05, 3.63) is 39.9 Å². The molecule has 0 radical (unpaired) electrons. The largest absolute Gasteiger partial charge is 0.345 e. The Morgan fingerprint density at radius 2 is 2.10 bits per heavy atom. The number of halogens is 1. The lowest BCUT2D eigenvalue weighted by Crippen LogP contribution is -2.03. The molecular formula is C11H8FN3O3S2. The van der Waals surface area contributed by atoms with Gasteiger partial charge in [-0.1, -0.05) is 0 Å². The van der Waals surface area contributed by atoms with Crippen LogP contribution in [-0.4, -0.2) is 19.0 Å². The van der Waals surface area contributed by atoms with Gasteiger partial charge in [-0.15, -0.1) is 0 Å². The van der Waals surface area contributed by atoms with Crippen LogP contribution >= 0.6 is 11.5 Å². The fourth-order valence-corrected chi connectivity index (χ4v) is 2.85. The van der Waals surface area contributed by atoms with E-state index in [1.54, 1.807) is 6.07 Å². The van der Waals surface area contributed by atoms with Crippen LogP contribution < -0.4 is 10.9 Å². The molecule has 2 aromatic rings. The quantitative estimate of drug-likeness (QED) is 0.896. The van der Waals surface area contributed by atoms with Gasteiger partial charge in [0.05, 0.1) is 4.90 Å². The van der Waals surface area contributed by atoms with Gasteiger partial charge in [0.2, 0.25) is 0 Å². The Bertz CT molecular complexity index is 862. The minimum atomic E-state index is -3.56. The third kappa shape index (κ3) is 2.87.